The number of aryl methyl sites for hydroxylation is 1. The summed E-state index contributed by atoms with van der Waals surface area (Å²) in [5, 5.41) is 3.11. The maximum absolute atomic E-state index is 13.5. The molecule has 2 heterocycles. The van der Waals surface area contributed by atoms with Crippen molar-refractivity contribution in [3.63, 3.8) is 0 Å². The zero-order chi connectivity index (χ0) is 24.0. The van der Waals surface area contributed by atoms with Gasteiger partial charge in [-0.05, 0) is 68.7 Å². The van der Waals surface area contributed by atoms with E-state index in [9.17, 15) is 14.4 Å². The van der Waals surface area contributed by atoms with E-state index >= 15 is 0 Å². The predicted octanol–water partition coefficient (Wildman–Crippen LogP) is 4.57. The van der Waals surface area contributed by atoms with Gasteiger partial charge in [-0.15, -0.1) is 0 Å². The van der Waals surface area contributed by atoms with E-state index in [-0.39, 0.29) is 29.6 Å². The van der Waals surface area contributed by atoms with Gasteiger partial charge in [0.1, 0.15) is 11.8 Å². The fourth-order valence-corrected chi connectivity index (χ4v) is 4.62. The van der Waals surface area contributed by atoms with E-state index in [4.69, 9.17) is 0 Å². The van der Waals surface area contributed by atoms with Crippen LogP contribution in [-0.2, 0) is 9.59 Å². The summed E-state index contributed by atoms with van der Waals surface area (Å²) in [6.45, 7) is 9.78. The molecular formula is C27H37N3O3. The van der Waals surface area contributed by atoms with Crippen molar-refractivity contribution in [2.75, 3.05) is 18.0 Å². The van der Waals surface area contributed by atoms with Gasteiger partial charge in [-0.2, -0.15) is 0 Å². The molecule has 1 amide bonds. The minimum atomic E-state index is -0.625. The van der Waals surface area contributed by atoms with Crippen molar-refractivity contribution in [1.29, 1.82) is 0 Å². The lowest BCUT2D eigenvalue weighted by Gasteiger charge is -2.31. The van der Waals surface area contributed by atoms with Gasteiger partial charge in [-0.3, -0.25) is 14.4 Å². The van der Waals surface area contributed by atoms with Gasteiger partial charge in [0.25, 0.3) is 5.56 Å². The molecule has 178 valence electrons. The Kier molecular flexibility index (Phi) is 8.48. The number of hydrogen-bond donors (Lipinski definition) is 1. The van der Waals surface area contributed by atoms with Crippen molar-refractivity contribution >= 4 is 17.4 Å². The molecule has 3 rings (SSSR count). The summed E-state index contributed by atoms with van der Waals surface area (Å²) in [5.74, 6) is 0.00484. The van der Waals surface area contributed by atoms with Gasteiger partial charge in [0.05, 0.1) is 6.04 Å². The molecule has 0 spiro atoms. The third-order valence-corrected chi connectivity index (χ3v) is 6.32. The summed E-state index contributed by atoms with van der Waals surface area (Å²) in [7, 11) is 0. The van der Waals surface area contributed by atoms with E-state index in [2.05, 4.69) is 29.3 Å². The first-order chi connectivity index (χ1) is 15.8. The Morgan fingerprint density at radius 3 is 2.42 bits per heavy atom. The van der Waals surface area contributed by atoms with Crippen LogP contribution in [0, 0.1) is 12.8 Å². The SMILES string of the molecule is CC(=O)C[C@H](NC(=O)C(CC(C)C)n1ccccc1=O)c1ccc(C)c(N2CCCCC2)c1. The van der Waals surface area contributed by atoms with Crippen LogP contribution in [0.25, 0.3) is 0 Å². The molecule has 0 radical (unpaired) electrons. The van der Waals surface area contributed by atoms with E-state index in [0.29, 0.717) is 6.42 Å². The highest BCUT2D eigenvalue weighted by molar-refractivity contribution is 5.82. The molecule has 6 heteroatoms. The summed E-state index contributed by atoms with van der Waals surface area (Å²) in [5.41, 5.74) is 3.09. The number of piperidine rings is 1. The van der Waals surface area contributed by atoms with Crippen LogP contribution in [0.2, 0.25) is 0 Å². The van der Waals surface area contributed by atoms with Gasteiger partial charge < -0.3 is 14.8 Å². The van der Waals surface area contributed by atoms with Crippen molar-refractivity contribution in [3.05, 3.63) is 64.1 Å². The number of nitrogens with zero attached hydrogens (tertiary/aromatic N) is 2. The number of amides is 1. The summed E-state index contributed by atoms with van der Waals surface area (Å²) < 4.78 is 1.49. The van der Waals surface area contributed by atoms with E-state index in [1.54, 1.807) is 25.3 Å². The number of hydrogen-bond acceptors (Lipinski definition) is 4. The molecule has 1 aromatic heterocycles. The average Bonchev–Trinajstić information content (AvgIpc) is 2.78. The quantitative estimate of drug-likeness (QED) is 0.606. The van der Waals surface area contributed by atoms with Crippen molar-refractivity contribution in [2.45, 2.75) is 71.9 Å². The van der Waals surface area contributed by atoms with Crippen molar-refractivity contribution in [3.8, 4) is 0 Å². The topological polar surface area (TPSA) is 71.4 Å². The van der Waals surface area contributed by atoms with Crippen LogP contribution >= 0.6 is 0 Å². The van der Waals surface area contributed by atoms with Crippen LogP contribution in [0.4, 0.5) is 5.69 Å². The Morgan fingerprint density at radius 2 is 1.79 bits per heavy atom. The van der Waals surface area contributed by atoms with Crippen LogP contribution in [-0.4, -0.2) is 29.3 Å². The lowest BCUT2D eigenvalue weighted by atomic mass is 9.96. The molecule has 0 aliphatic carbocycles. The molecule has 6 nitrogen and oxygen atoms in total. The monoisotopic (exact) mass is 451 g/mol. The number of benzene rings is 1. The molecule has 1 saturated heterocycles. The van der Waals surface area contributed by atoms with E-state index in [1.807, 2.05) is 19.9 Å². The first-order valence-corrected chi connectivity index (χ1v) is 12.1. The largest absolute Gasteiger partial charge is 0.371 e. The maximum Gasteiger partial charge on any atom is 0.251 e. The maximum atomic E-state index is 13.5. The number of pyridine rings is 1. The molecule has 1 N–H and O–H groups in total. The number of ketones is 1. The van der Waals surface area contributed by atoms with E-state index in [0.717, 1.165) is 18.7 Å². The first kappa shape index (κ1) is 24.7. The summed E-state index contributed by atoms with van der Waals surface area (Å²) in [6, 6.07) is 10.1. The van der Waals surface area contributed by atoms with E-state index < -0.39 is 12.1 Å². The van der Waals surface area contributed by atoms with Crippen molar-refractivity contribution < 1.29 is 9.59 Å². The minimum absolute atomic E-state index is 0.0117. The number of rotatable bonds is 9. The predicted molar refractivity (Wildman–Crippen MR) is 133 cm³/mol. The smallest absolute Gasteiger partial charge is 0.251 e. The molecule has 2 aromatic rings. The second-order valence-corrected chi connectivity index (χ2v) is 9.65. The first-order valence-electron chi connectivity index (χ1n) is 12.1. The Hall–Kier alpha value is -2.89. The molecule has 0 saturated carbocycles. The summed E-state index contributed by atoms with van der Waals surface area (Å²) in [4.78, 5) is 40.4. The van der Waals surface area contributed by atoms with Crippen LogP contribution in [0.15, 0.2) is 47.4 Å². The second kappa shape index (κ2) is 11.3. The molecule has 1 fully saturated rings. The van der Waals surface area contributed by atoms with Crippen molar-refractivity contribution in [2.24, 2.45) is 5.92 Å². The molecule has 33 heavy (non-hydrogen) atoms. The standard InChI is InChI=1S/C27H37N3O3/c1-19(2)16-25(30-15-9-6-10-26(30)32)27(33)28-23(17-21(4)31)22-12-11-20(3)24(18-22)29-13-7-5-8-14-29/h6,9-12,15,18-19,23,25H,5,7-8,13-14,16-17H2,1-4H3,(H,28,33)/t23-,25?/m0/s1. The second-order valence-electron chi connectivity index (χ2n) is 9.65. The number of carbonyl (C=O) groups excluding carboxylic acids is 2. The van der Waals surface area contributed by atoms with Gasteiger partial charge in [0.2, 0.25) is 5.91 Å². The highest BCUT2D eigenvalue weighted by atomic mass is 16.2. The molecule has 0 bridgehead atoms. The minimum Gasteiger partial charge on any atom is -0.371 e. The summed E-state index contributed by atoms with van der Waals surface area (Å²) in [6.07, 6.45) is 6.03. The zero-order valence-electron chi connectivity index (χ0n) is 20.3. The number of nitrogens with one attached hydrogen (secondary N) is 1. The number of carbonyl (C=O) groups is 2. The Morgan fingerprint density at radius 1 is 1.06 bits per heavy atom. The molecule has 1 aliphatic heterocycles. The van der Waals surface area contributed by atoms with Gasteiger partial charge in [-0.25, -0.2) is 0 Å². The van der Waals surface area contributed by atoms with Crippen LogP contribution < -0.4 is 15.8 Å². The molecule has 1 unspecified atom stereocenters. The molecule has 1 aromatic carbocycles. The number of Topliss-reactive ketones (excluding diaryl/α,β-unsaturated/α-hetero) is 1. The van der Waals surface area contributed by atoms with Gasteiger partial charge in [0, 0.05) is 37.5 Å². The van der Waals surface area contributed by atoms with Gasteiger partial charge >= 0.3 is 0 Å². The highest BCUT2D eigenvalue weighted by Gasteiger charge is 2.26. The van der Waals surface area contributed by atoms with Crippen LogP contribution in [0.5, 0.6) is 0 Å². The Labute approximate surface area is 197 Å². The van der Waals surface area contributed by atoms with Crippen LogP contribution in [0.1, 0.15) is 76.1 Å². The zero-order valence-corrected chi connectivity index (χ0v) is 20.3. The Bertz CT molecular complexity index is 1020. The average molecular weight is 452 g/mol. The van der Waals surface area contributed by atoms with E-state index in [1.165, 1.54) is 41.1 Å². The fraction of sp³-hybridized carbons (Fsp3) is 0.519. The lowest BCUT2D eigenvalue weighted by Crippen LogP contribution is -2.40. The molecule has 1 aliphatic rings. The summed E-state index contributed by atoms with van der Waals surface area (Å²) >= 11 is 0. The number of anilines is 1. The molecule has 2 atom stereocenters. The molecular weight excluding hydrogens is 414 g/mol. The third-order valence-electron chi connectivity index (χ3n) is 6.32. The van der Waals surface area contributed by atoms with Gasteiger partial charge in [0.15, 0.2) is 0 Å². The highest BCUT2D eigenvalue weighted by Crippen LogP contribution is 2.29. The van der Waals surface area contributed by atoms with Crippen molar-refractivity contribution in [1.82, 2.24) is 9.88 Å². The Balaban J connectivity index is 1.91. The lowest BCUT2D eigenvalue weighted by molar-refractivity contribution is -0.126. The third kappa shape index (κ3) is 6.56. The normalized spacial score (nSPS) is 15.8. The fourth-order valence-electron chi connectivity index (χ4n) is 4.62. The van der Waals surface area contributed by atoms with Crippen LogP contribution in [0.3, 0.4) is 0 Å². The number of aromatic nitrogens is 1. The van der Waals surface area contributed by atoms with Gasteiger partial charge in [-0.1, -0.05) is 32.0 Å².